The average Bonchev–Trinajstić information content (AvgIpc) is 2.60. The highest BCUT2D eigenvalue weighted by Gasteiger charge is 2.12. The third kappa shape index (κ3) is 3.47. The second kappa shape index (κ2) is 6.68. The molecule has 3 aromatic rings. The maximum atomic E-state index is 12.6. The van der Waals surface area contributed by atoms with Gasteiger partial charge in [0.15, 0.2) is 0 Å². The molecule has 25 heavy (non-hydrogen) atoms. The summed E-state index contributed by atoms with van der Waals surface area (Å²) in [6.07, 6.45) is 0.394. The molecule has 0 spiro atoms. The van der Waals surface area contributed by atoms with E-state index in [1.54, 1.807) is 0 Å². The second-order valence-corrected chi connectivity index (χ2v) is 5.51. The van der Waals surface area contributed by atoms with Crippen LogP contribution in [0.2, 0.25) is 0 Å². The van der Waals surface area contributed by atoms with Crippen molar-refractivity contribution in [1.82, 2.24) is 0 Å². The summed E-state index contributed by atoms with van der Waals surface area (Å²) >= 11 is 0. The Morgan fingerprint density at radius 1 is 1.04 bits per heavy atom. The molecule has 0 saturated heterocycles. The Hall–Kier alpha value is -3.28. The summed E-state index contributed by atoms with van der Waals surface area (Å²) in [6, 6.07) is 10.2. The first kappa shape index (κ1) is 16.6. The number of methoxy groups -OCH3 is 1. The van der Waals surface area contributed by atoms with E-state index in [4.69, 9.17) is 13.9 Å². The van der Waals surface area contributed by atoms with E-state index in [9.17, 15) is 9.59 Å². The zero-order valence-electron chi connectivity index (χ0n) is 14.0. The fourth-order valence-electron chi connectivity index (χ4n) is 2.30. The molecule has 0 atom stereocenters. The molecule has 3 rings (SSSR count). The Morgan fingerprint density at radius 3 is 2.60 bits per heavy atom. The van der Waals surface area contributed by atoms with Crippen molar-refractivity contribution in [3.63, 3.8) is 0 Å². The third-order valence-corrected chi connectivity index (χ3v) is 3.65. The highest BCUT2D eigenvalue weighted by Crippen LogP contribution is 2.26. The van der Waals surface area contributed by atoms with Crippen molar-refractivity contribution in [3.8, 4) is 17.2 Å². The first-order chi connectivity index (χ1) is 12.0. The molecule has 6 nitrogen and oxygen atoms in total. The van der Waals surface area contributed by atoms with Crippen LogP contribution in [0.3, 0.4) is 0 Å². The van der Waals surface area contributed by atoms with Crippen LogP contribution in [0.1, 0.15) is 11.1 Å². The van der Waals surface area contributed by atoms with Crippen molar-refractivity contribution < 1.29 is 23.4 Å². The predicted octanol–water partition coefficient (Wildman–Crippen LogP) is 4.35. The number of carbonyl (C=O) groups excluding carboxylic acids is 1. The van der Waals surface area contributed by atoms with Gasteiger partial charge >= 0.3 is 6.16 Å². The minimum atomic E-state index is -0.850. The van der Waals surface area contributed by atoms with Gasteiger partial charge in [0.05, 0.1) is 12.5 Å². The van der Waals surface area contributed by atoms with Gasteiger partial charge in [-0.05, 0) is 43.2 Å². The zero-order chi connectivity index (χ0) is 18.0. The lowest BCUT2D eigenvalue weighted by Gasteiger charge is -2.09. The van der Waals surface area contributed by atoms with Gasteiger partial charge < -0.3 is 18.6 Å². The molecular weight excluding hydrogens is 324 g/mol. The van der Waals surface area contributed by atoms with Crippen molar-refractivity contribution in [2.24, 2.45) is 0 Å². The minimum absolute atomic E-state index is 0.0860. The molecule has 0 radical (unpaired) electrons. The molecule has 0 bridgehead atoms. The van der Waals surface area contributed by atoms with E-state index < -0.39 is 6.16 Å². The monoisotopic (exact) mass is 340 g/mol. The van der Waals surface area contributed by atoms with Crippen molar-refractivity contribution in [3.05, 3.63) is 64.0 Å². The average molecular weight is 340 g/mol. The Bertz CT molecular complexity index is 1000. The Kier molecular flexibility index (Phi) is 4.43. The van der Waals surface area contributed by atoms with Crippen LogP contribution >= 0.6 is 0 Å². The number of hydrogen-bond donors (Lipinski definition) is 0. The molecule has 0 saturated carbocycles. The van der Waals surface area contributed by atoms with E-state index in [0.29, 0.717) is 11.1 Å². The first-order valence-electron chi connectivity index (χ1n) is 7.54. The second-order valence-electron chi connectivity index (χ2n) is 5.51. The molecule has 0 N–H and O–H groups in total. The number of aryl methyl sites for hydroxylation is 2. The van der Waals surface area contributed by atoms with Gasteiger partial charge in [-0.25, -0.2) is 4.79 Å². The summed E-state index contributed by atoms with van der Waals surface area (Å²) in [5, 5.41) is 0.319. The van der Waals surface area contributed by atoms with Crippen LogP contribution in [-0.4, -0.2) is 13.3 Å². The van der Waals surface area contributed by atoms with Crippen molar-refractivity contribution >= 4 is 17.1 Å². The number of carbonyl (C=O) groups is 1. The fourth-order valence-corrected chi connectivity index (χ4v) is 2.30. The molecule has 1 heterocycles. The topological polar surface area (TPSA) is 75.0 Å². The summed E-state index contributed by atoms with van der Waals surface area (Å²) in [6.45, 7) is 3.84. The molecule has 128 valence electrons. The zero-order valence-corrected chi connectivity index (χ0v) is 14.0. The van der Waals surface area contributed by atoms with Crippen LogP contribution in [0.4, 0.5) is 4.79 Å². The van der Waals surface area contributed by atoms with Gasteiger partial charge in [-0.1, -0.05) is 12.1 Å². The highest BCUT2D eigenvalue weighted by molar-refractivity contribution is 5.80. The summed E-state index contributed by atoms with van der Waals surface area (Å²) < 4.78 is 20.5. The molecule has 0 unspecified atom stereocenters. The maximum Gasteiger partial charge on any atom is 0.513 e. The number of ether oxygens (including phenoxy) is 3. The van der Waals surface area contributed by atoms with E-state index in [2.05, 4.69) is 4.74 Å². The molecule has 1 aromatic heterocycles. The Balaban J connectivity index is 1.97. The lowest BCUT2D eigenvalue weighted by Crippen LogP contribution is -2.08. The number of benzene rings is 2. The van der Waals surface area contributed by atoms with Crippen LogP contribution < -0.4 is 14.9 Å². The van der Waals surface area contributed by atoms with Crippen LogP contribution in [0.25, 0.3) is 11.0 Å². The Morgan fingerprint density at radius 2 is 1.84 bits per heavy atom. The standard InChI is InChI=1S/C19H16O6/c1-11-4-5-12(2)15(8-11)25-17-10-23-16-9-13(24-19(21)22-3)6-7-14(16)18(17)20/h4-10H,1-3H3. The molecule has 6 heteroatoms. The van der Waals surface area contributed by atoms with Crippen molar-refractivity contribution in [1.29, 1.82) is 0 Å². The number of rotatable bonds is 3. The first-order valence-corrected chi connectivity index (χ1v) is 7.54. The molecule has 0 aliphatic heterocycles. The predicted molar refractivity (Wildman–Crippen MR) is 91.5 cm³/mol. The van der Waals surface area contributed by atoms with Gasteiger partial charge in [-0.3, -0.25) is 4.79 Å². The van der Waals surface area contributed by atoms with Crippen LogP contribution in [0.5, 0.6) is 17.2 Å². The van der Waals surface area contributed by atoms with Gasteiger partial charge in [0.1, 0.15) is 23.3 Å². The fraction of sp³-hybridized carbons (Fsp3) is 0.158. The van der Waals surface area contributed by atoms with E-state index >= 15 is 0 Å². The number of hydrogen-bond acceptors (Lipinski definition) is 6. The quantitative estimate of drug-likeness (QED) is 0.521. The van der Waals surface area contributed by atoms with Crippen LogP contribution in [0.15, 0.2) is 51.9 Å². The van der Waals surface area contributed by atoms with Crippen LogP contribution in [0, 0.1) is 13.8 Å². The van der Waals surface area contributed by atoms with Crippen molar-refractivity contribution in [2.45, 2.75) is 13.8 Å². The van der Waals surface area contributed by atoms with E-state index in [1.807, 2.05) is 32.0 Å². The summed E-state index contributed by atoms with van der Waals surface area (Å²) in [5.41, 5.74) is 1.90. The number of fused-ring (bicyclic) bond motifs is 1. The maximum absolute atomic E-state index is 12.6. The van der Waals surface area contributed by atoms with Gasteiger partial charge in [-0.2, -0.15) is 0 Å². The molecule has 2 aromatic carbocycles. The van der Waals surface area contributed by atoms with Gasteiger partial charge in [0, 0.05) is 6.07 Å². The molecule has 0 aliphatic rings. The van der Waals surface area contributed by atoms with E-state index in [-0.39, 0.29) is 22.5 Å². The lowest BCUT2D eigenvalue weighted by molar-refractivity contribution is 0.121. The molecule has 0 aliphatic carbocycles. The molecule has 0 amide bonds. The minimum Gasteiger partial charge on any atom is -0.460 e. The summed E-state index contributed by atoms with van der Waals surface area (Å²) in [4.78, 5) is 23.7. The summed E-state index contributed by atoms with van der Waals surface area (Å²) in [7, 11) is 1.21. The summed E-state index contributed by atoms with van der Waals surface area (Å²) in [5.74, 6) is 0.894. The Labute approximate surface area is 143 Å². The van der Waals surface area contributed by atoms with Gasteiger partial charge in [0.25, 0.3) is 0 Å². The largest absolute Gasteiger partial charge is 0.513 e. The van der Waals surface area contributed by atoms with Gasteiger partial charge in [0.2, 0.25) is 11.2 Å². The van der Waals surface area contributed by atoms with Crippen LogP contribution in [-0.2, 0) is 4.74 Å². The van der Waals surface area contributed by atoms with Crippen molar-refractivity contribution in [2.75, 3.05) is 7.11 Å². The molecule has 0 fully saturated rings. The lowest BCUT2D eigenvalue weighted by atomic mass is 10.1. The SMILES string of the molecule is COC(=O)Oc1ccc2c(=O)c(Oc3cc(C)ccc3C)coc2c1. The van der Waals surface area contributed by atoms with E-state index in [1.165, 1.54) is 31.6 Å². The van der Waals surface area contributed by atoms with Gasteiger partial charge in [-0.15, -0.1) is 0 Å². The normalized spacial score (nSPS) is 10.5. The van der Waals surface area contributed by atoms with E-state index in [0.717, 1.165) is 11.1 Å². The third-order valence-electron chi connectivity index (χ3n) is 3.65. The highest BCUT2D eigenvalue weighted by atomic mass is 16.7. The molecular formula is C19H16O6. The smallest absolute Gasteiger partial charge is 0.460 e.